The first-order valence-electron chi connectivity index (χ1n) is 10.6. The van der Waals surface area contributed by atoms with Crippen molar-refractivity contribution in [3.8, 4) is 11.4 Å². The van der Waals surface area contributed by atoms with Crippen molar-refractivity contribution in [3.05, 3.63) is 77.3 Å². The fourth-order valence-corrected chi connectivity index (χ4v) is 5.65. The number of sulfonamides is 1. The molecular formula is C24H21ClN4O3S. The number of amides is 1. The van der Waals surface area contributed by atoms with Gasteiger partial charge >= 0.3 is 0 Å². The molecule has 4 aromatic rings. The van der Waals surface area contributed by atoms with Crippen molar-refractivity contribution in [2.75, 3.05) is 18.4 Å². The zero-order valence-corrected chi connectivity index (χ0v) is 19.2. The Morgan fingerprint density at radius 1 is 1.00 bits per heavy atom. The molecule has 9 heteroatoms. The molecule has 0 unspecified atom stereocenters. The van der Waals surface area contributed by atoms with Gasteiger partial charge in [0.1, 0.15) is 5.82 Å². The van der Waals surface area contributed by atoms with E-state index in [-0.39, 0.29) is 10.8 Å². The lowest BCUT2D eigenvalue weighted by molar-refractivity contribution is 0.102. The van der Waals surface area contributed by atoms with Gasteiger partial charge in [-0.2, -0.15) is 4.31 Å². The molecule has 0 spiro atoms. The van der Waals surface area contributed by atoms with Crippen LogP contribution < -0.4 is 5.32 Å². The van der Waals surface area contributed by atoms with E-state index in [0.717, 1.165) is 23.9 Å². The lowest BCUT2D eigenvalue weighted by atomic mass is 10.1. The molecule has 7 nitrogen and oxygen atoms in total. The Labute approximate surface area is 196 Å². The summed E-state index contributed by atoms with van der Waals surface area (Å²) >= 11 is 6.39. The summed E-state index contributed by atoms with van der Waals surface area (Å²) in [5, 5.41) is 3.35. The van der Waals surface area contributed by atoms with Crippen LogP contribution in [0.2, 0.25) is 5.02 Å². The Bertz CT molecular complexity index is 1410. The van der Waals surface area contributed by atoms with E-state index in [1.54, 1.807) is 18.2 Å². The van der Waals surface area contributed by atoms with Crippen LogP contribution in [0.3, 0.4) is 0 Å². The number of nitrogens with one attached hydrogen (secondary N) is 2. The molecule has 5 rings (SSSR count). The smallest absolute Gasteiger partial charge is 0.255 e. The summed E-state index contributed by atoms with van der Waals surface area (Å²) in [5.41, 5.74) is 3.28. The predicted octanol–water partition coefficient (Wildman–Crippen LogP) is 4.92. The van der Waals surface area contributed by atoms with E-state index in [9.17, 15) is 13.2 Å². The minimum absolute atomic E-state index is 0.194. The molecule has 168 valence electrons. The summed E-state index contributed by atoms with van der Waals surface area (Å²) in [7, 11) is -3.52. The maximum Gasteiger partial charge on any atom is 0.255 e. The van der Waals surface area contributed by atoms with Crippen molar-refractivity contribution in [1.82, 2.24) is 14.3 Å². The van der Waals surface area contributed by atoms with Gasteiger partial charge in [0.25, 0.3) is 5.91 Å². The van der Waals surface area contributed by atoms with Crippen LogP contribution in [0.25, 0.3) is 22.4 Å². The van der Waals surface area contributed by atoms with Crippen LogP contribution in [-0.4, -0.2) is 41.7 Å². The molecule has 0 aliphatic carbocycles. The summed E-state index contributed by atoms with van der Waals surface area (Å²) in [6.07, 6.45) is 1.74. The average Bonchev–Trinajstić information content (AvgIpc) is 3.51. The highest BCUT2D eigenvalue weighted by atomic mass is 35.5. The number of anilines is 1. The van der Waals surface area contributed by atoms with Gasteiger partial charge < -0.3 is 10.3 Å². The maximum absolute atomic E-state index is 12.8. The monoisotopic (exact) mass is 480 g/mol. The third kappa shape index (κ3) is 4.25. The van der Waals surface area contributed by atoms with E-state index in [0.29, 0.717) is 40.8 Å². The van der Waals surface area contributed by atoms with Crippen molar-refractivity contribution < 1.29 is 13.2 Å². The maximum atomic E-state index is 12.8. The second-order valence-electron chi connectivity index (χ2n) is 7.89. The van der Waals surface area contributed by atoms with E-state index in [1.807, 2.05) is 24.3 Å². The molecule has 1 aliphatic rings. The Kier molecular flexibility index (Phi) is 5.65. The molecule has 0 atom stereocenters. The predicted molar refractivity (Wildman–Crippen MR) is 129 cm³/mol. The van der Waals surface area contributed by atoms with Crippen LogP contribution in [0.4, 0.5) is 5.69 Å². The quantitative estimate of drug-likeness (QED) is 0.424. The van der Waals surface area contributed by atoms with Crippen molar-refractivity contribution in [2.45, 2.75) is 17.7 Å². The van der Waals surface area contributed by atoms with E-state index >= 15 is 0 Å². The van der Waals surface area contributed by atoms with Gasteiger partial charge in [0.2, 0.25) is 10.0 Å². The Morgan fingerprint density at radius 3 is 2.45 bits per heavy atom. The summed E-state index contributed by atoms with van der Waals surface area (Å²) in [6.45, 7) is 1.07. The highest BCUT2D eigenvalue weighted by Crippen LogP contribution is 2.30. The number of hydrogen-bond acceptors (Lipinski definition) is 4. The molecule has 2 N–H and O–H groups in total. The van der Waals surface area contributed by atoms with E-state index in [2.05, 4.69) is 15.3 Å². The highest BCUT2D eigenvalue weighted by Gasteiger charge is 2.27. The molecule has 2 heterocycles. The number of fused-ring (bicyclic) bond motifs is 1. The van der Waals surface area contributed by atoms with E-state index < -0.39 is 10.0 Å². The number of halogens is 1. The molecule has 0 bridgehead atoms. The van der Waals surface area contributed by atoms with Gasteiger partial charge in [-0.25, -0.2) is 13.4 Å². The number of benzene rings is 3. The Balaban J connectivity index is 1.36. The SMILES string of the molecule is O=C(Nc1ccc(Cl)c(-c2nc3ccccc3[nH]2)c1)c1ccc(S(=O)(=O)N2CCCC2)cc1. The molecule has 33 heavy (non-hydrogen) atoms. The first-order valence-corrected chi connectivity index (χ1v) is 12.4. The number of imidazole rings is 1. The van der Waals surface area contributed by atoms with Crippen LogP contribution >= 0.6 is 11.6 Å². The largest absolute Gasteiger partial charge is 0.338 e. The number of carbonyl (C=O) groups excluding carboxylic acids is 1. The summed E-state index contributed by atoms with van der Waals surface area (Å²) < 4.78 is 26.8. The number of para-hydroxylation sites is 2. The molecular weight excluding hydrogens is 460 g/mol. The molecule has 1 saturated heterocycles. The van der Waals surface area contributed by atoms with Gasteiger partial charge in [-0.15, -0.1) is 0 Å². The van der Waals surface area contributed by atoms with Crippen LogP contribution in [0.5, 0.6) is 0 Å². The average molecular weight is 481 g/mol. The van der Waals surface area contributed by atoms with Gasteiger partial charge in [0.05, 0.1) is 21.0 Å². The van der Waals surface area contributed by atoms with Gasteiger partial charge in [0, 0.05) is 29.9 Å². The van der Waals surface area contributed by atoms with Crippen LogP contribution in [-0.2, 0) is 10.0 Å². The highest BCUT2D eigenvalue weighted by molar-refractivity contribution is 7.89. The van der Waals surface area contributed by atoms with Gasteiger partial charge in [-0.1, -0.05) is 23.7 Å². The zero-order chi connectivity index (χ0) is 23.0. The summed E-state index contributed by atoms with van der Waals surface area (Å²) in [6, 6.07) is 18.8. The fraction of sp³-hybridized carbons (Fsp3) is 0.167. The lowest BCUT2D eigenvalue weighted by Crippen LogP contribution is -2.27. The summed E-state index contributed by atoms with van der Waals surface area (Å²) in [4.78, 5) is 20.8. The third-order valence-electron chi connectivity index (χ3n) is 5.69. The number of aromatic amines is 1. The third-order valence-corrected chi connectivity index (χ3v) is 7.93. The number of H-pyrrole nitrogens is 1. The number of nitrogens with zero attached hydrogens (tertiary/aromatic N) is 2. The number of hydrogen-bond donors (Lipinski definition) is 2. The number of rotatable bonds is 5. The molecule has 0 radical (unpaired) electrons. The van der Waals surface area contributed by atoms with Crippen LogP contribution in [0.15, 0.2) is 71.6 Å². The molecule has 3 aromatic carbocycles. The van der Waals surface area contributed by atoms with Crippen LogP contribution in [0.1, 0.15) is 23.2 Å². The van der Waals surface area contributed by atoms with Crippen LogP contribution in [0, 0.1) is 0 Å². The first-order chi connectivity index (χ1) is 15.9. The minimum atomic E-state index is -3.52. The second kappa shape index (κ2) is 8.62. The fourth-order valence-electron chi connectivity index (χ4n) is 3.92. The van der Waals surface area contributed by atoms with E-state index in [4.69, 9.17) is 11.6 Å². The Morgan fingerprint density at radius 2 is 1.73 bits per heavy atom. The first kappa shape index (κ1) is 21.6. The van der Waals surface area contributed by atoms with Crippen molar-refractivity contribution >= 4 is 44.3 Å². The second-order valence-corrected chi connectivity index (χ2v) is 10.2. The van der Waals surface area contributed by atoms with Gasteiger partial charge in [0.15, 0.2) is 0 Å². The van der Waals surface area contributed by atoms with Crippen molar-refractivity contribution in [3.63, 3.8) is 0 Å². The van der Waals surface area contributed by atoms with Crippen molar-refractivity contribution in [1.29, 1.82) is 0 Å². The Hall–Kier alpha value is -3.20. The lowest BCUT2D eigenvalue weighted by Gasteiger charge is -2.15. The van der Waals surface area contributed by atoms with E-state index in [1.165, 1.54) is 28.6 Å². The minimum Gasteiger partial charge on any atom is -0.338 e. The number of carbonyl (C=O) groups is 1. The van der Waals surface area contributed by atoms with Gasteiger partial charge in [-0.05, 0) is 67.4 Å². The van der Waals surface area contributed by atoms with Gasteiger partial charge in [-0.3, -0.25) is 4.79 Å². The normalized spacial score (nSPS) is 14.6. The molecule has 1 fully saturated rings. The molecule has 1 aromatic heterocycles. The zero-order valence-electron chi connectivity index (χ0n) is 17.6. The molecule has 1 aliphatic heterocycles. The molecule has 1 amide bonds. The topological polar surface area (TPSA) is 95.2 Å². The van der Waals surface area contributed by atoms with Crippen molar-refractivity contribution in [2.24, 2.45) is 0 Å². The molecule has 0 saturated carbocycles. The number of aromatic nitrogens is 2. The standard InChI is InChI=1S/C24H21ClN4O3S/c25-20-12-9-17(15-19(20)23-27-21-5-1-2-6-22(21)28-23)26-24(30)16-7-10-18(11-8-16)33(31,32)29-13-3-4-14-29/h1-2,5-12,15H,3-4,13-14H2,(H,26,30)(H,27,28). The summed E-state index contributed by atoms with van der Waals surface area (Å²) in [5.74, 6) is 0.256.